The number of phenols is 2. The van der Waals surface area contributed by atoms with E-state index < -0.39 is 0 Å². The summed E-state index contributed by atoms with van der Waals surface area (Å²) >= 11 is 10.8. The summed E-state index contributed by atoms with van der Waals surface area (Å²) in [6.07, 6.45) is 2.06. The Balaban J connectivity index is 0.000000353. The van der Waals surface area contributed by atoms with Gasteiger partial charge in [0, 0.05) is 229 Å². The number of hydrazine groups is 1. The van der Waals surface area contributed by atoms with Crippen LogP contribution in [0.15, 0.2) is 163 Å². The predicted molar refractivity (Wildman–Crippen MR) is 571 cm³/mol. The van der Waals surface area contributed by atoms with Crippen LogP contribution in [0.1, 0.15) is 70.6 Å². The Morgan fingerprint density at radius 3 is 0.870 bits per heavy atom. The molecular formula is C106H159Cl2FN16O21. The van der Waals surface area contributed by atoms with Crippen molar-refractivity contribution >= 4 is 59.5 Å². The van der Waals surface area contributed by atoms with Crippen LogP contribution in [0.5, 0.6) is 80.5 Å². The molecule has 14 rings (SSSR count). The molecule has 810 valence electrons. The molecule has 0 bridgehead atoms. The van der Waals surface area contributed by atoms with Crippen LogP contribution in [-0.2, 0) is 67.3 Å². The van der Waals surface area contributed by atoms with Gasteiger partial charge < -0.3 is 97.8 Å². The van der Waals surface area contributed by atoms with E-state index in [1.165, 1.54) is 23.4 Å². The Bertz CT molecular complexity index is 4910. The molecule has 6 fully saturated rings. The highest BCUT2D eigenvalue weighted by Crippen LogP contribution is 2.32. The van der Waals surface area contributed by atoms with Crippen LogP contribution in [0.3, 0.4) is 0 Å². The van der Waals surface area contributed by atoms with Crippen molar-refractivity contribution in [2.45, 2.75) is 59.9 Å². The SMILES string of the molecule is C.C1CNCCN1.CCOC(=O)CCl.CCOC(=O)CN1CCN(Cc2cc(OC)ccc2OC)CC1.CF.COc1ccc(OC)c(CCl)c1.COc1ccc(OC)c(CN2CCN(CC(=O)N/N=C/c3ccccc3O)CC2)c1.COc1ccc(OC)c(CN2CCN(CC(=O)NN)CC2)c1.COc1ccc(OC)c(CN2CCNCC2)c1.COc1ccc(OC)c(CN2CCNCC2)c1.O=Cc1ccccc1O. The third kappa shape index (κ3) is 48.7. The number of hydrogen-bond donors (Lipinski definition) is 9. The van der Waals surface area contributed by atoms with Crippen molar-refractivity contribution in [2.24, 2.45) is 10.9 Å². The standard InChI is InChI=1S/C22H28N4O4.C17H26N2O4.C15H24N4O3.2C13H20N2O2.C9H11ClO2.C7H6O2.C4H7ClO2.C4H10N2.CH3F.CH4/c1-29-19-7-8-21(30-2)18(13-19)15-25-9-11-26(12-10-25)16-22(28)24-23-14-17-5-3-4-6-20(17)27;1-4-23-17(20)13-19-9-7-18(8-10-19)12-14-11-15(21-2)5-6-16(14)22-3;1-21-13-3-4-14(22-2)12(9-13)10-18-5-7-19(8-6-18)11-15(20)17-16;2*1-16-12-3-4-13(17-2)11(9-12)10-15-7-5-14-6-8-15;1-11-8-3-4-9(12-2)7(5-8)6-10;8-5-6-3-1-2-4-7(6)9;1-2-7-4(6)3-5;1-2-6-4-3-5-1;1-2;/h3-8,13-14,27H,9-12,15-16H2,1-2H3,(H,24,28);5-6,11H,4,7-10,12-13H2,1-3H3;3-4,9H,5-8,10-11,16H2,1-2H3,(H,17,20);2*3-4,9,14H,5-8,10H2,1-2H3;3-5H,6H2,1-2H3;1-5,9H;2-3H2,1H3;5-6H,1-4H2;1H3;1H4/b23-14+;;;;;;;;;;. The van der Waals surface area contributed by atoms with Crippen LogP contribution in [0.25, 0.3) is 0 Å². The van der Waals surface area contributed by atoms with E-state index in [-0.39, 0.29) is 55.1 Å². The van der Waals surface area contributed by atoms with Gasteiger partial charge in [-0.2, -0.15) is 5.10 Å². The molecule has 2 amide bonds. The van der Waals surface area contributed by atoms with Gasteiger partial charge in [-0.05, 0) is 147 Å². The van der Waals surface area contributed by atoms with E-state index in [0.717, 1.165) is 281 Å². The number of rotatable bonds is 35. The first-order valence-electron chi connectivity index (χ1n) is 48.0. The highest BCUT2D eigenvalue weighted by atomic mass is 35.5. The van der Waals surface area contributed by atoms with E-state index >= 15 is 0 Å². The van der Waals surface area contributed by atoms with Gasteiger partial charge in [-0.3, -0.25) is 73.0 Å². The van der Waals surface area contributed by atoms with Crippen LogP contribution in [0, 0.1) is 0 Å². The van der Waals surface area contributed by atoms with E-state index in [2.05, 4.69) is 93.3 Å². The molecule has 0 spiro atoms. The third-order valence-electron chi connectivity index (χ3n) is 23.2. The Hall–Kier alpha value is -11.8. The average molecular weight is 2080 g/mol. The minimum Gasteiger partial charge on any atom is -0.507 e. The Kier molecular flexibility index (Phi) is 65.7. The van der Waals surface area contributed by atoms with Gasteiger partial charge in [-0.25, -0.2) is 11.3 Å². The van der Waals surface area contributed by atoms with Gasteiger partial charge in [0.05, 0.1) is 143 Å². The van der Waals surface area contributed by atoms with E-state index in [4.69, 9.17) is 95.7 Å². The number of esters is 2. The Labute approximate surface area is 872 Å². The number of carbonyl (C=O) groups is 5. The number of benzene rings is 8. The summed E-state index contributed by atoms with van der Waals surface area (Å²) in [6, 6.07) is 48.2. The summed E-state index contributed by atoms with van der Waals surface area (Å²) in [5.41, 5.74) is 12.2. The van der Waals surface area contributed by atoms with Crippen molar-refractivity contribution in [2.75, 3.05) is 288 Å². The fraction of sp³-hybridized carbons (Fsp3) is 0.491. The molecule has 6 saturated heterocycles. The van der Waals surface area contributed by atoms with Gasteiger partial charge in [0.25, 0.3) is 5.91 Å². The number of alkyl halides is 3. The largest absolute Gasteiger partial charge is 0.507 e. The Morgan fingerprint density at radius 2 is 0.616 bits per heavy atom. The number of amides is 2. The number of hydrogen-bond acceptors (Lipinski definition) is 35. The first kappa shape index (κ1) is 126. The Morgan fingerprint density at radius 1 is 0.356 bits per heavy atom. The summed E-state index contributed by atoms with van der Waals surface area (Å²) in [5.74, 6) is 15.1. The monoisotopic (exact) mass is 2080 g/mol. The fourth-order valence-corrected chi connectivity index (χ4v) is 15.6. The maximum atomic E-state index is 12.1. The van der Waals surface area contributed by atoms with Crippen LogP contribution >= 0.6 is 23.2 Å². The molecule has 0 atom stereocenters. The van der Waals surface area contributed by atoms with Crippen LogP contribution in [0.4, 0.5) is 4.39 Å². The lowest BCUT2D eigenvalue weighted by atomic mass is 10.1. The highest BCUT2D eigenvalue weighted by molar-refractivity contribution is 6.26. The number of phenolic OH excluding ortho intramolecular Hbond substituents is 2. The van der Waals surface area contributed by atoms with Gasteiger partial charge in [-0.1, -0.05) is 31.7 Å². The predicted octanol–water partition coefficient (Wildman–Crippen LogP) is 9.93. The minimum atomic E-state index is -0.357. The van der Waals surface area contributed by atoms with Crippen LogP contribution < -0.4 is 94.8 Å². The maximum Gasteiger partial charge on any atom is 0.320 e. The number of hydrazone groups is 1. The molecule has 6 aliphatic rings. The van der Waals surface area contributed by atoms with Gasteiger partial charge in [0.15, 0.2) is 6.29 Å². The van der Waals surface area contributed by atoms with Crippen molar-refractivity contribution in [3.05, 3.63) is 202 Å². The topological polar surface area (TPSA) is 392 Å². The number of methoxy groups -OCH3 is 12. The first-order valence-corrected chi connectivity index (χ1v) is 49.1. The average Bonchev–Trinajstić information content (AvgIpc) is 0.856. The molecule has 0 saturated carbocycles. The molecule has 0 radical (unpaired) electrons. The number of piperazine rings is 6. The third-order valence-corrected chi connectivity index (χ3v) is 23.7. The molecule has 0 aliphatic carbocycles. The molecule has 146 heavy (non-hydrogen) atoms. The number of carbonyl (C=O) groups excluding carboxylic acids is 5. The molecule has 40 heteroatoms. The van der Waals surface area contributed by atoms with Gasteiger partial charge in [-0.15, -0.1) is 23.2 Å². The molecule has 8 aromatic carbocycles. The molecule has 0 aromatic heterocycles. The number of aromatic hydroxyl groups is 2. The van der Waals surface area contributed by atoms with Gasteiger partial charge >= 0.3 is 11.9 Å². The van der Waals surface area contributed by atoms with Gasteiger partial charge in [0.2, 0.25) is 5.91 Å². The highest BCUT2D eigenvalue weighted by Gasteiger charge is 2.26. The zero-order valence-corrected chi connectivity index (χ0v) is 88.5. The lowest BCUT2D eigenvalue weighted by Gasteiger charge is -2.34. The molecule has 10 N–H and O–H groups in total. The summed E-state index contributed by atoms with van der Waals surface area (Å²) < 4.78 is 82.5. The van der Waals surface area contributed by atoms with Crippen molar-refractivity contribution in [1.82, 2.24) is 71.3 Å². The number of ether oxygens (including phenoxy) is 14. The number of halogens is 3. The number of nitrogens with two attached hydrogens (primary N) is 1. The van der Waals surface area contributed by atoms with Crippen molar-refractivity contribution in [1.29, 1.82) is 0 Å². The summed E-state index contributed by atoms with van der Waals surface area (Å²) in [5, 5.41) is 35.7. The number of para-hydroxylation sites is 2. The van der Waals surface area contributed by atoms with Crippen molar-refractivity contribution < 1.29 is 105 Å². The molecule has 37 nitrogen and oxygen atoms in total. The summed E-state index contributed by atoms with van der Waals surface area (Å²) in [7, 11) is 20.6. The summed E-state index contributed by atoms with van der Waals surface area (Å²) in [6.45, 7) is 33.2. The lowest BCUT2D eigenvalue weighted by molar-refractivity contribution is -0.145. The van der Waals surface area contributed by atoms with E-state index in [0.29, 0.717) is 56.8 Å². The molecule has 6 heterocycles. The second-order valence-electron chi connectivity index (χ2n) is 32.7. The molecule has 0 unspecified atom stereocenters. The zero-order valence-electron chi connectivity index (χ0n) is 87.0. The fourth-order valence-electron chi connectivity index (χ4n) is 15.3. The normalized spacial score (nSPS) is 14.8. The minimum absolute atomic E-state index is 0. The summed E-state index contributed by atoms with van der Waals surface area (Å²) in [4.78, 5) is 73.3. The van der Waals surface area contributed by atoms with Crippen LogP contribution in [0.2, 0.25) is 0 Å². The van der Waals surface area contributed by atoms with Crippen molar-refractivity contribution in [3.63, 3.8) is 0 Å². The molecule has 6 aliphatic heterocycles. The molecular weight excluding hydrogens is 1920 g/mol. The van der Waals surface area contributed by atoms with E-state index in [9.17, 15) is 33.5 Å². The van der Waals surface area contributed by atoms with Crippen LogP contribution in [-0.4, -0.2) is 374 Å². The van der Waals surface area contributed by atoms with E-state index in [1.54, 1.807) is 135 Å². The first-order chi connectivity index (χ1) is 70.5. The second kappa shape index (κ2) is 75.8. The van der Waals surface area contributed by atoms with E-state index in [1.807, 2.05) is 104 Å². The van der Waals surface area contributed by atoms with Crippen molar-refractivity contribution in [3.8, 4) is 80.5 Å². The maximum absolute atomic E-state index is 12.1. The zero-order chi connectivity index (χ0) is 106. The lowest BCUT2D eigenvalue weighted by Crippen LogP contribution is -2.49. The number of aldehydes is 1. The smallest absolute Gasteiger partial charge is 0.320 e. The quantitative estimate of drug-likeness (QED) is 0.00339. The second-order valence-corrected chi connectivity index (χ2v) is 33.3. The number of nitrogens with one attached hydrogen (secondary N) is 6. The van der Waals surface area contributed by atoms with Gasteiger partial charge in [0.1, 0.15) is 86.4 Å². The molecule has 8 aromatic rings. The number of nitrogens with zero attached hydrogens (tertiary/aromatic N) is 9.